The van der Waals surface area contributed by atoms with Crippen molar-refractivity contribution in [3.63, 3.8) is 0 Å². The summed E-state index contributed by atoms with van der Waals surface area (Å²) in [5, 5.41) is 16.3. The first-order valence-corrected chi connectivity index (χ1v) is 13.0. The zero-order chi connectivity index (χ0) is 27.1. The van der Waals surface area contributed by atoms with Crippen LogP contribution in [0.15, 0.2) is 65.8 Å². The van der Waals surface area contributed by atoms with Crippen LogP contribution in [0.25, 0.3) is 0 Å². The zero-order valence-corrected chi connectivity index (χ0v) is 22.2. The van der Waals surface area contributed by atoms with E-state index < -0.39 is 17.9 Å². The van der Waals surface area contributed by atoms with Gasteiger partial charge in [0.25, 0.3) is 5.91 Å². The molecule has 2 unspecified atom stereocenters. The van der Waals surface area contributed by atoms with Gasteiger partial charge in [-0.3, -0.25) is 9.79 Å². The quantitative estimate of drug-likeness (QED) is 0.352. The third-order valence-corrected chi connectivity index (χ3v) is 6.64. The number of aliphatic carboxylic acids is 1. The molecule has 0 bridgehead atoms. The van der Waals surface area contributed by atoms with Gasteiger partial charge in [-0.1, -0.05) is 36.7 Å². The molecule has 0 saturated heterocycles. The number of hydrogen-bond donors (Lipinski definition) is 3. The summed E-state index contributed by atoms with van der Waals surface area (Å²) in [5.74, 6) is 0.105. The van der Waals surface area contributed by atoms with Crippen LogP contribution in [0.4, 0.5) is 5.82 Å². The van der Waals surface area contributed by atoms with Crippen molar-refractivity contribution in [2.24, 2.45) is 10.9 Å². The molecule has 0 spiro atoms. The van der Waals surface area contributed by atoms with Gasteiger partial charge in [-0.05, 0) is 66.4 Å². The SMILES string of the molecule is CCc1cc(Cl)cc(C)c1C(=O)NC(Cc1ccc(C2=NCC(CNc3ccccn3)CO2)cc1)C(=O)O. The number of carboxylic acid groups (broad SMARTS) is 1. The highest BCUT2D eigenvalue weighted by Gasteiger charge is 2.24. The summed E-state index contributed by atoms with van der Waals surface area (Å²) in [6, 6.07) is 15.5. The smallest absolute Gasteiger partial charge is 0.326 e. The van der Waals surface area contributed by atoms with E-state index in [-0.39, 0.29) is 12.3 Å². The Morgan fingerprint density at radius 2 is 1.97 bits per heavy atom. The second-order valence-electron chi connectivity index (χ2n) is 9.29. The van der Waals surface area contributed by atoms with Gasteiger partial charge in [-0.15, -0.1) is 0 Å². The Labute approximate surface area is 227 Å². The number of aliphatic imine (C=N–C) groups is 1. The van der Waals surface area contributed by atoms with Gasteiger partial charge in [0.1, 0.15) is 11.9 Å². The maximum atomic E-state index is 13.0. The zero-order valence-electron chi connectivity index (χ0n) is 21.4. The van der Waals surface area contributed by atoms with E-state index in [2.05, 4.69) is 20.6 Å². The number of carbonyl (C=O) groups excluding carboxylic acids is 1. The number of ether oxygens (including phenoxy) is 1. The van der Waals surface area contributed by atoms with Crippen molar-refractivity contribution in [1.82, 2.24) is 10.3 Å². The summed E-state index contributed by atoms with van der Waals surface area (Å²) in [6.07, 6.45) is 2.50. The van der Waals surface area contributed by atoms with E-state index in [9.17, 15) is 14.7 Å². The first kappa shape index (κ1) is 27.1. The third kappa shape index (κ3) is 6.89. The minimum Gasteiger partial charge on any atom is -0.480 e. The fourth-order valence-corrected chi connectivity index (χ4v) is 4.68. The number of nitrogens with one attached hydrogen (secondary N) is 2. The number of amides is 1. The molecule has 1 aliphatic rings. The molecule has 0 saturated carbocycles. The molecule has 0 aliphatic carbocycles. The number of carboxylic acids is 1. The van der Waals surface area contributed by atoms with Gasteiger partial charge in [0, 0.05) is 41.2 Å². The normalized spacial score (nSPS) is 15.7. The molecule has 0 radical (unpaired) electrons. The van der Waals surface area contributed by atoms with Crippen molar-refractivity contribution in [3.8, 4) is 0 Å². The molecule has 38 heavy (non-hydrogen) atoms. The Balaban J connectivity index is 1.36. The lowest BCUT2D eigenvalue weighted by Gasteiger charge is -2.23. The lowest BCUT2D eigenvalue weighted by molar-refractivity contribution is -0.139. The number of halogens is 1. The van der Waals surface area contributed by atoms with Crippen molar-refractivity contribution in [1.29, 1.82) is 0 Å². The Kier molecular flexibility index (Phi) is 8.97. The van der Waals surface area contributed by atoms with Crippen molar-refractivity contribution in [2.75, 3.05) is 25.0 Å². The van der Waals surface area contributed by atoms with Gasteiger partial charge in [-0.2, -0.15) is 0 Å². The van der Waals surface area contributed by atoms with E-state index >= 15 is 0 Å². The summed E-state index contributed by atoms with van der Waals surface area (Å²) in [7, 11) is 0. The number of hydrogen-bond acceptors (Lipinski definition) is 6. The van der Waals surface area contributed by atoms with Crippen LogP contribution in [0.3, 0.4) is 0 Å². The summed E-state index contributed by atoms with van der Waals surface area (Å²) < 4.78 is 5.90. The summed E-state index contributed by atoms with van der Waals surface area (Å²) in [4.78, 5) is 33.8. The number of aryl methyl sites for hydroxylation is 2. The number of benzene rings is 2. The first-order valence-electron chi connectivity index (χ1n) is 12.6. The molecule has 2 heterocycles. The maximum Gasteiger partial charge on any atom is 0.326 e. The maximum absolute atomic E-state index is 13.0. The van der Waals surface area contributed by atoms with Gasteiger partial charge >= 0.3 is 5.97 Å². The van der Waals surface area contributed by atoms with Gasteiger partial charge in [0.2, 0.25) is 5.90 Å². The van der Waals surface area contributed by atoms with Gasteiger partial charge in [0.05, 0.1) is 13.2 Å². The molecule has 8 nitrogen and oxygen atoms in total. The summed E-state index contributed by atoms with van der Waals surface area (Å²) in [6.45, 7) is 5.61. The molecule has 2 atom stereocenters. The molecule has 9 heteroatoms. The highest BCUT2D eigenvalue weighted by atomic mass is 35.5. The molecule has 1 aromatic heterocycles. The van der Waals surface area contributed by atoms with Crippen molar-refractivity contribution >= 4 is 35.2 Å². The van der Waals surface area contributed by atoms with Gasteiger partial charge in [0.15, 0.2) is 0 Å². The van der Waals surface area contributed by atoms with E-state index in [0.717, 1.165) is 22.5 Å². The Morgan fingerprint density at radius 1 is 1.18 bits per heavy atom. The Bertz CT molecular complexity index is 1310. The first-order chi connectivity index (χ1) is 18.3. The number of anilines is 1. The predicted molar refractivity (Wildman–Crippen MR) is 148 cm³/mol. The average molecular weight is 535 g/mol. The van der Waals surface area contributed by atoms with Crippen LogP contribution in [0.1, 0.15) is 39.5 Å². The lowest BCUT2D eigenvalue weighted by Crippen LogP contribution is -2.42. The van der Waals surface area contributed by atoms with E-state index in [0.29, 0.717) is 48.2 Å². The predicted octanol–water partition coefficient (Wildman–Crippen LogP) is 4.54. The van der Waals surface area contributed by atoms with Gasteiger partial charge in [-0.25, -0.2) is 9.78 Å². The van der Waals surface area contributed by atoms with Crippen molar-refractivity contribution < 1.29 is 19.4 Å². The molecule has 2 aromatic carbocycles. The minimum absolute atomic E-state index is 0.143. The molecule has 0 fully saturated rings. The Morgan fingerprint density at radius 3 is 2.61 bits per heavy atom. The van der Waals surface area contributed by atoms with E-state index in [1.807, 2.05) is 49.4 Å². The van der Waals surface area contributed by atoms with Crippen molar-refractivity contribution in [3.05, 3.63) is 93.6 Å². The van der Waals surface area contributed by atoms with Crippen LogP contribution in [0.5, 0.6) is 0 Å². The molecule has 3 aromatic rings. The number of aromatic nitrogens is 1. The topological polar surface area (TPSA) is 113 Å². The fourth-order valence-electron chi connectivity index (χ4n) is 4.39. The van der Waals surface area contributed by atoms with Crippen LogP contribution in [-0.4, -0.2) is 53.6 Å². The molecule has 1 aliphatic heterocycles. The number of carbonyl (C=O) groups is 2. The third-order valence-electron chi connectivity index (χ3n) is 6.42. The van der Waals surface area contributed by atoms with Crippen LogP contribution in [-0.2, 0) is 22.4 Å². The molecule has 198 valence electrons. The number of pyridine rings is 1. The molecule has 3 N–H and O–H groups in total. The van der Waals surface area contributed by atoms with Crippen LogP contribution in [0, 0.1) is 12.8 Å². The van der Waals surface area contributed by atoms with E-state index in [1.54, 1.807) is 25.3 Å². The highest BCUT2D eigenvalue weighted by molar-refractivity contribution is 6.30. The fraction of sp³-hybridized carbons (Fsp3) is 0.310. The Hall–Kier alpha value is -3.91. The number of rotatable bonds is 10. The van der Waals surface area contributed by atoms with Crippen LogP contribution in [0.2, 0.25) is 5.02 Å². The molecular formula is C29H31ClN4O4. The monoisotopic (exact) mass is 534 g/mol. The minimum atomic E-state index is -1.10. The summed E-state index contributed by atoms with van der Waals surface area (Å²) in [5.41, 5.74) is 3.57. The highest BCUT2D eigenvalue weighted by Crippen LogP contribution is 2.22. The van der Waals surface area contributed by atoms with E-state index in [4.69, 9.17) is 16.3 Å². The second kappa shape index (κ2) is 12.6. The molecule has 1 amide bonds. The van der Waals surface area contributed by atoms with E-state index in [1.165, 1.54) is 0 Å². The second-order valence-corrected chi connectivity index (χ2v) is 9.73. The average Bonchev–Trinajstić information content (AvgIpc) is 2.92. The summed E-state index contributed by atoms with van der Waals surface area (Å²) >= 11 is 6.13. The molecular weight excluding hydrogens is 504 g/mol. The lowest BCUT2D eigenvalue weighted by atomic mass is 9.98. The van der Waals surface area contributed by atoms with Gasteiger partial charge < -0.3 is 20.5 Å². The van der Waals surface area contributed by atoms with Crippen LogP contribution >= 0.6 is 11.6 Å². The van der Waals surface area contributed by atoms with Crippen LogP contribution < -0.4 is 10.6 Å². The number of nitrogens with zero attached hydrogens (tertiary/aromatic N) is 2. The largest absolute Gasteiger partial charge is 0.480 e. The van der Waals surface area contributed by atoms with Crippen molar-refractivity contribution in [2.45, 2.75) is 32.7 Å². The standard InChI is InChI=1S/C29H31ClN4O4/c1-3-21-14-23(30)12-18(2)26(21)27(35)34-24(29(36)37)13-19-7-9-22(10-8-19)28-33-16-20(17-38-28)15-32-25-6-4-5-11-31-25/h4-12,14,20,24H,3,13,15-17H2,1-2H3,(H,31,32)(H,34,35)(H,36,37). The molecule has 4 rings (SSSR count).